The lowest BCUT2D eigenvalue weighted by Crippen LogP contribution is -2.40. The van der Waals surface area contributed by atoms with Crippen molar-refractivity contribution in [2.45, 2.75) is 44.2 Å². The third kappa shape index (κ3) is 8.01. The summed E-state index contributed by atoms with van der Waals surface area (Å²) >= 11 is 0. The normalized spacial score (nSPS) is 14.0. The number of aryl methyl sites for hydroxylation is 1. The Kier molecular flexibility index (Phi) is 9.01. The molecular formula is C20H22F6N4O4. The number of carboxylic acids is 1. The predicted octanol–water partition coefficient (Wildman–Crippen LogP) is 3.39. The molecule has 2 N–H and O–H groups in total. The molecule has 2 aromatic rings. The highest BCUT2D eigenvalue weighted by Gasteiger charge is 2.40. The van der Waals surface area contributed by atoms with Crippen LogP contribution in [-0.4, -0.2) is 51.9 Å². The van der Waals surface area contributed by atoms with Crippen molar-refractivity contribution in [2.75, 3.05) is 13.7 Å². The van der Waals surface area contributed by atoms with Crippen LogP contribution in [0, 0.1) is 5.92 Å². The molecule has 1 amide bonds. The first kappa shape index (κ1) is 27.1. The maximum atomic E-state index is 13.3. The molecule has 0 saturated heterocycles. The van der Waals surface area contributed by atoms with Gasteiger partial charge in [0.1, 0.15) is 0 Å². The van der Waals surface area contributed by atoms with E-state index in [-0.39, 0.29) is 5.69 Å². The van der Waals surface area contributed by atoms with Crippen LogP contribution >= 0.6 is 0 Å². The van der Waals surface area contributed by atoms with Crippen LogP contribution < -0.4 is 5.32 Å². The predicted molar refractivity (Wildman–Crippen MR) is 104 cm³/mol. The number of carboxylic acid groups (broad SMARTS) is 1. The van der Waals surface area contributed by atoms with Crippen molar-refractivity contribution in [3.05, 3.63) is 47.3 Å². The zero-order chi connectivity index (χ0) is 25.5. The molecule has 8 nitrogen and oxygen atoms in total. The highest BCUT2D eigenvalue weighted by Crippen LogP contribution is 2.35. The van der Waals surface area contributed by atoms with Crippen molar-refractivity contribution in [2.24, 2.45) is 5.92 Å². The van der Waals surface area contributed by atoms with Crippen LogP contribution in [0.4, 0.5) is 26.3 Å². The molecule has 188 valence electrons. The van der Waals surface area contributed by atoms with E-state index < -0.39 is 60.2 Å². The fourth-order valence-electron chi connectivity index (χ4n) is 3.24. The Balaban J connectivity index is 2.27. The third-order valence-electron chi connectivity index (χ3n) is 4.74. The number of alkyl halides is 6. The van der Waals surface area contributed by atoms with Gasteiger partial charge in [0.2, 0.25) is 5.91 Å². The number of amides is 1. The van der Waals surface area contributed by atoms with E-state index in [2.05, 4.69) is 10.3 Å². The van der Waals surface area contributed by atoms with Crippen molar-refractivity contribution >= 4 is 11.9 Å². The fraction of sp³-hybridized carbons (Fsp3) is 0.500. The summed E-state index contributed by atoms with van der Waals surface area (Å²) in [7, 11) is 1.49. The van der Waals surface area contributed by atoms with Crippen LogP contribution in [-0.2, 0) is 33.5 Å². The van der Waals surface area contributed by atoms with E-state index >= 15 is 0 Å². The summed E-state index contributed by atoms with van der Waals surface area (Å²) < 4.78 is 85.5. The summed E-state index contributed by atoms with van der Waals surface area (Å²) in [6, 6.07) is 1.39. The van der Waals surface area contributed by atoms with Gasteiger partial charge < -0.3 is 15.2 Å². The monoisotopic (exact) mass is 496 g/mol. The Morgan fingerprint density at radius 3 is 2.44 bits per heavy atom. The number of nitrogens with one attached hydrogen (secondary N) is 1. The van der Waals surface area contributed by atoms with Crippen molar-refractivity contribution in [3.8, 4) is 0 Å². The van der Waals surface area contributed by atoms with Crippen molar-refractivity contribution < 1.29 is 45.8 Å². The Bertz CT molecular complexity index is 976. The lowest BCUT2D eigenvalue weighted by Gasteiger charge is -2.23. The number of ether oxygens (including phenoxy) is 1. The molecule has 14 heteroatoms. The summed E-state index contributed by atoms with van der Waals surface area (Å²) in [6.07, 6.45) is -10.1. The summed E-state index contributed by atoms with van der Waals surface area (Å²) in [4.78, 5) is 24.3. The molecule has 0 saturated carbocycles. The van der Waals surface area contributed by atoms with Gasteiger partial charge in [0, 0.05) is 32.9 Å². The number of rotatable bonds is 11. The Morgan fingerprint density at radius 2 is 1.85 bits per heavy atom. The maximum Gasteiger partial charge on any atom is 0.416 e. The number of aromatic nitrogens is 3. The molecule has 0 fully saturated rings. The molecule has 0 aliphatic carbocycles. The zero-order valence-electron chi connectivity index (χ0n) is 17.9. The number of methoxy groups -OCH3 is 1. The first-order chi connectivity index (χ1) is 15.8. The maximum absolute atomic E-state index is 13.3. The van der Waals surface area contributed by atoms with Crippen LogP contribution in [0.2, 0.25) is 0 Å². The number of benzene rings is 1. The number of carbonyl (C=O) groups excluding carboxylic acids is 1. The van der Waals surface area contributed by atoms with Gasteiger partial charge in [-0.25, -0.2) is 4.79 Å². The second kappa shape index (κ2) is 11.3. The number of aliphatic carboxylic acids is 1. The highest BCUT2D eigenvalue weighted by atomic mass is 19.4. The van der Waals surface area contributed by atoms with Crippen LogP contribution in [0.1, 0.15) is 35.7 Å². The van der Waals surface area contributed by atoms with Gasteiger partial charge >= 0.3 is 18.3 Å². The van der Waals surface area contributed by atoms with E-state index in [0.29, 0.717) is 25.6 Å². The van der Waals surface area contributed by atoms with E-state index in [1.165, 1.54) is 18.0 Å². The standard InChI is InChI=1S/C20H22F6N4O4/c1-34-8-4-7-30-11-13(28-29-30)9-12(10-19(21,22)23)17(31)27-16(18(32)33)14-5-2-3-6-15(14)20(24,25)26/h2-3,5-6,11-12,16H,4,7-10H2,1H3,(H,27,31)(H,32,33). The first-order valence-electron chi connectivity index (χ1n) is 9.96. The molecule has 2 unspecified atom stereocenters. The van der Waals surface area contributed by atoms with Gasteiger partial charge in [-0.3, -0.25) is 9.48 Å². The second-order valence-electron chi connectivity index (χ2n) is 7.40. The quantitative estimate of drug-likeness (QED) is 0.365. The second-order valence-corrected chi connectivity index (χ2v) is 7.40. The molecule has 1 aromatic carbocycles. The zero-order valence-corrected chi connectivity index (χ0v) is 17.9. The summed E-state index contributed by atoms with van der Waals surface area (Å²) in [6.45, 7) is 0.760. The summed E-state index contributed by atoms with van der Waals surface area (Å²) in [5, 5.41) is 18.7. The van der Waals surface area contributed by atoms with Crippen molar-refractivity contribution in [1.29, 1.82) is 0 Å². The minimum Gasteiger partial charge on any atom is -0.479 e. The Labute approximate surface area is 189 Å². The number of carbonyl (C=O) groups is 2. The molecule has 2 atom stereocenters. The molecule has 0 bridgehead atoms. The number of hydrogen-bond donors (Lipinski definition) is 2. The smallest absolute Gasteiger partial charge is 0.416 e. The van der Waals surface area contributed by atoms with E-state index in [4.69, 9.17) is 4.74 Å². The van der Waals surface area contributed by atoms with Gasteiger partial charge in [-0.05, 0) is 18.1 Å². The highest BCUT2D eigenvalue weighted by molar-refractivity contribution is 5.86. The van der Waals surface area contributed by atoms with Gasteiger partial charge in [-0.15, -0.1) is 5.10 Å². The number of nitrogens with zero attached hydrogens (tertiary/aromatic N) is 3. The van der Waals surface area contributed by atoms with Crippen molar-refractivity contribution in [1.82, 2.24) is 20.3 Å². The SMILES string of the molecule is COCCCn1cc(CC(CC(F)(F)F)C(=O)NC(C(=O)O)c2ccccc2C(F)(F)F)nn1. The number of hydrogen-bond acceptors (Lipinski definition) is 5. The molecule has 0 radical (unpaired) electrons. The minimum absolute atomic E-state index is 0.0318. The average molecular weight is 496 g/mol. The van der Waals surface area contributed by atoms with Gasteiger partial charge in [0.25, 0.3) is 0 Å². The molecule has 0 spiro atoms. The molecule has 1 aromatic heterocycles. The minimum atomic E-state index is -4.94. The topological polar surface area (TPSA) is 106 Å². The van der Waals surface area contributed by atoms with Crippen molar-refractivity contribution in [3.63, 3.8) is 0 Å². The van der Waals surface area contributed by atoms with E-state index in [9.17, 15) is 41.0 Å². The average Bonchev–Trinajstić information content (AvgIpc) is 3.17. The van der Waals surface area contributed by atoms with Crippen LogP contribution in [0.5, 0.6) is 0 Å². The Hall–Kier alpha value is -3.16. The van der Waals surface area contributed by atoms with Gasteiger partial charge in [0.15, 0.2) is 6.04 Å². The van der Waals surface area contributed by atoms with Gasteiger partial charge in [-0.1, -0.05) is 23.4 Å². The van der Waals surface area contributed by atoms with E-state index in [0.717, 1.165) is 18.2 Å². The van der Waals surface area contributed by atoms with Crippen LogP contribution in [0.15, 0.2) is 30.5 Å². The number of halogens is 6. The molecule has 1 heterocycles. The molecule has 2 rings (SSSR count). The van der Waals surface area contributed by atoms with E-state index in [1.807, 2.05) is 5.32 Å². The first-order valence-corrected chi connectivity index (χ1v) is 9.96. The Morgan fingerprint density at radius 1 is 1.18 bits per heavy atom. The largest absolute Gasteiger partial charge is 0.479 e. The molecule has 0 aliphatic heterocycles. The fourth-order valence-corrected chi connectivity index (χ4v) is 3.24. The lowest BCUT2D eigenvalue weighted by molar-refractivity contribution is -0.155. The van der Waals surface area contributed by atoms with E-state index in [1.54, 1.807) is 0 Å². The molecule has 34 heavy (non-hydrogen) atoms. The summed E-state index contributed by atoms with van der Waals surface area (Å²) in [5.41, 5.74) is -2.09. The molecular weight excluding hydrogens is 474 g/mol. The lowest BCUT2D eigenvalue weighted by atomic mass is 9.95. The molecule has 0 aliphatic rings. The van der Waals surface area contributed by atoms with Crippen LogP contribution in [0.3, 0.4) is 0 Å². The summed E-state index contributed by atoms with van der Waals surface area (Å²) in [5.74, 6) is -5.08. The van der Waals surface area contributed by atoms with Gasteiger partial charge in [-0.2, -0.15) is 26.3 Å². The van der Waals surface area contributed by atoms with Crippen LogP contribution in [0.25, 0.3) is 0 Å². The van der Waals surface area contributed by atoms with Gasteiger partial charge in [0.05, 0.1) is 23.6 Å². The third-order valence-corrected chi connectivity index (χ3v) is 4.74.